The molecule has 0 radical (unpaired) electrons. The quantitative estimate of drug-likeness (QED) is 0.404. The van der Waals surface area contributed by atoms with Crippen molar-refractivity contribution in [2.45, 2.75) is 11.7 Å². The zero-order chi connectivity index (χ0) is 9.03. The molecule has 1 aliphatic carbocycles. The van der Waals surface area contributed by atoms with E-state index in [0.717, 1.165) is 0 Å². The van der Waals surface area contributed by atoms with E-state index in [-0.39, 0.29) is 5.66 Å². The second kappa shape index (κ2) is 3.85. The van der Waals surface area contributed by atoms with Gasteiger partial charge in [0.1, 0.15) is 5.66 Å². The van der Waals surface area contributed by atoms with Crippen molar-refractivity contribution in [2.75, 3.05) is 21.1 Å². The Kier molecular flexibility index (Phi) is 3.03. The molecular formula is C9H17N3. The van der Waals surface area contributed by atoms with Gasteiger partial charge in [0.25, 0.3) is 0 Å². The van der Waals surface area contributed by atoms with Gasteiger partial charge in [0.05, 0.1) is 0 Å². The summed E-state index contributed by atoms with van der Waals surface area (Å²) in [6.07, 6.45) is 8.50. The van der Waals surface area contributed by atoms with Crippen molar-refractivity contribution in [1.82, 2.24) is 16.0 Å². The normalized spacial score (nSPS) is 21.6. The first kappa shape index (κ1) is 9.45. The highest BCUT2D eigenvalue weighted by molar-refractivity contribution is 5.26. The van der Waals surface area contributed by atoms with Gasteiger partial charge in [-0.2, -0.15) is 0 Å². The van der Waals surface area contributed by atoms with E-state index in [1.807, 2.05) is 21.1 Å². The molecule has 0 saturated heterocycles. The van der Waals surface area contributed by atoms with Crippen molar-refractivity contribution >= 4 is 0 Å². The Morgan fingerprint density at radius 3 is 1.83 bits per heavy atom. The first-order valence-corrected chi connectivity index (χ1v) is 4.20. The van der Waals surface area contributed by atoms with Crippen LogP contribution in [0.15, 0.2) is 24.3 Å². The van der Waals surface area contributed by atoms with Crippen molar-refractivity contribution in [2.24, 2.45) is 0 Å². The molecule has 0 saturated carbocycles. The molecule has 0 fully saturated rings. The summed E-state index contributed by atoms with van der Waals surface area (Å²) in [4.78, 5) is 0. The summed E-state index contributed by atoms with van der Waals surface area (Å²) in [7, 11) is 5.82. The van der Waals surface area contributed by atoms with Crippen LogP contribution < -0.4 is 16.0 Å². The lowest BCUT2D eigenvalue weighted by atomic mass is 10.0. The SMILES string of the molecule is CNC1C=CC(NC)(NC)C=C1. The van der Waals surface area contributed by atoms with E-state index in [1.165, 1.54) is 0 Å². The molecule has 0 aromatic rings. The first-order chi connectivity index (χ1) is 5.76. The second-order valence-electron chi connectivity index (χ2n) is 2.90. The fourth-order valence-corrected chi connectivity index (χ4v) is 1.28. The van der Waals surface area contributed by atoms with Crippen molar-refractivity contribution in [3.05, 3.63) is 24.3 Å². The highest BCUT2D eigenvalue weighted by Gasteiger charge is 2.21. The highest BCUT2D eigenvalue weighted by Crippen LogP contribution is 2.10. The molecular weight excluding hydrogens is 150 g/mol. The molecule has 0 unspecified atom stereocenters. The van der Waals surface area contributed by atoms with Crippen LogP contribution in [0.25, 0.3) is 0 Å². The molecule has 3 heteroatoms. The minimum Gasteiger partial charge on any atom is -0.310 e. The maximum atomic E-state index is 3.20. The van der Waals surface area contributed by atoms with Crippen molar-refractivity contribution in [1.29, 1.82) is 0 Å². The van der Waals surface area contributed by atoms with E-state index in [0.29, 0.717) is 6.04 Å². The standard InChI is InChI=1S/C9H17N3/c1-10-8-4-6-9(11-2,12-3)7-5-8/h4-8,10-12H,1-3H3. The second-order valence-corrected chi connectivity index (χ2v) is 2.90. The van der Waals surface area contributed by atoms with Gasteiger partial charge in [-0.3, -0.25) is 10.6 Å². The van der Waals surface area contributed by atoms with Crippen LogP contribution in [0.1, 0.15) is 0 Å². The van der Waals surface area contributed by atoms with Gasteiger partial charge in [-0.25, -0.2) is 0 Å². The molecule has 0 aromatic heterocycles. The van der Waals surface area contributed by atoms with Gasteiger partial charge in [0, 0.05) is 6.04 Å². The van der Waals surface area contributed by atoms with E-state index in [2.05, 4.69) is 40.3 Å². The van der Waals surface area contributed by atoms with E-state index in [4.69, 9.17) is 0 Å². The molecule has 0 amide bonds. The molecule has 1 aliphatic rings. The third-order valence-corrected chi connectivity index (χ3v) is 2.29. The van der Waals surface area contributed by atoms with Crippen molar-refractivity contribution in [3.8, 4) is 0 Å². The fourth-order valence-electron chi connectivity index (χ4n) is 1.28. The molecule has 0 aromatic carbocycles. The highest BCUT2D eigenvalue weighted by atomic mass is 15.1. The van der Waals surface area contributed by atoms with E-state index in [1.54, 1.807) is 0 Å². The third-order valence-electron chi connectivity index (χ3n) is 2.29. The summed E-state index contributed by atoms with van der Waals surface area (Å²) in [6, 6.07) is 0.361. The number of nitrogens with one attached hydrogen (secondary N) is 3. The van der Waals surface area contributed by atoms with Crippen LogP contribution in [-0.2, 0) is 0 Å². The fraction of sp³-hybridized carbons (Fsp3) is 0.556. The predicted octanol–water partition coefficient (Wildman–Crippen LogP) is -0.165. The van der Waals surface area contributed by atoms with Crippen LogP contribution >= 0.6 is 0 Å². The van der Waals surface area contributed by atoms with Crippen LogP contribution in [0.5, 0.6) is 0 Å². The maximum Gasteiger partial charge on any atom is 0.107 e. The number of likely N-dealkylation sites (N-methyl/N-ethyl adjacent to an activating group) is 3. The number of hydrogen-bond donors (Lipinski definition) is 3. The van der Waals surface area contributed by atoms with Gasteiger partial charge in [0.2, 0.25) is 0 Å². The lowest BCUT2D eigenvalue weighted by molar-refractivity contribution is 0.454. The summed E-state index contributed by atoms with van der Waals surface area (Å²) in [5.41, 5.74) is -0.159. The molecule has 68 valence electrons. The Bertz CT molecular complexity index is 176. The Balaban J connectivity index is 2.68. The van der Waals surface area contributed by atoms with E-state index in [9.17, 15) is 0 Å². The molecule has 0 heterocycles. The van der Waals surface area contributed by atoms with Gasteiger partial charge in [-0.1, -0.05) is 12.2 Å². The zero-order valence-electron chi connectivity index (χ0n) is 7.89. The van der Waals surface area contributed by atoms with Gasteiger partial charge >= 0.3 is 0 Å². The summed E-state index contributed by atoms with van der Waals surface area (Å²) >= 11 is 0. The monoisotopic (exact) mass is 167 g/mol. The average molecular weight is 167 g/mol. The number of hydrogen-bond acceptors (Lipinski definition) is 3. The summed E-state index contributed by atoms with van der Waals surface area (Å²) in [5, 5.41) is 9.56. The van der Waals surface area contributed by atoms with Gasteiger partial charge < -0.3 is 5.32 Å². The Morgan fingerprint density at radius 1 is 1.00 bits per heavy atom. The Labute approximate surface area is 73.9 Å². The van der Waals surface area contributed by atoms with Crippen LogP contribution in [-0.4, -0.2) is 32.8 Å². The predicted molar refractivity (Wildman–Crippen MR) is 52.0 cm³/mol. The van der Waals surface area contributed by atoms with Gasteiger partial charge in [-0.15, -0.1) is 0 Å². The summed E-state index contributed by atoms with van der Waals surface area (Å²) in [6.45, 7) is 0. The number of rotatable bonds is 3. The lowest BCUT2D eigenvalue weighted by Gasteiger charge is -2.30. The Hall–Kier alpha value is -0.640. The lowest BCUT2D eigenvalue weighted by Crippen LogP contribution is -2.52. The molecule has 0 bridgehead atoms. The van der Waals surface area contributed by atoms with Crippen LogP contribution in [0.4, 0.5) is 0 Å². The van der Waals surface area contributed by atoms with E-state index >= 15 is 0 Å². The van der Waals surface area contributed by atoms with Crippen LogP contribution in [0.3, 0.4) is 0 Å². The van der Waals surface area contributed by atoms with Crippen LogP contribution in [0.2, 0.25) is 0 Å². The zero-order valence-corrected chi connectivity index (χ0v) is 7.89. The summed E-state index contributed by atoms with van der Waals surface area (Å²) in [5.74, 6) is 0. The first-order valence-electron chi connectivity index (χ1n) is 4.20. The minimum absolute atomic E-state index is 0.159. The molecule has 0 atom stereocenters. The average Bonchev–Trinajstić information content (AvgIpc) is 2.18. The largest absolute Gasteiger partial charge is 0.310 e. The smallest absolute Gasteiger partial charge is 0.107 e. The van der Waals surface area contributed by atoms with Crippen molar-refractivity contribution in [3.63, 3.8) is 0 Å². The molecule has 0 aliphatic heterocycles. The topological polar surface area (TPSA) is 36.1 Å². The van der Waals surface area contributed by atoms with Crippen LogP contribution in [0, 0.1) is 0 Å². The van der Waals surface area contributed by atoms with E-state index < -0.39 is 0 Å². The molecule has 3 N–H and O–H groups in total. The summed E-state index contributed by atoms with van der Waals surface area (Å²) < 4.78 is 0. The third kappa shape index (κ3) is 1.75. The van der Waals surface area contributed by atoms with Gasteiger partial charge in [-0.05, 0) is 33.3 Å². The molecule has 3 nitrogen and oxygen atoms in total. The molecule has 1 rings (SSSR count). The van der Waals surface area contributed by atoms with Crippen molar-refractivity contribution < 1.29 is 0 Å². The minimum atomic E-state index is -0.159. The Morgan fingerprint density at radius 2 is 1.50 bits per heavy atom. The maximum absolute atomic E-state index is 3.20. The molecule has 0 spiro atoms. The van der Waals surface area contributed by atoms with Gasteiger partial charge in [0.15, 0.2) is 0 Å². The molecule has 12 heavy (non-hydrogen) atoms.